The molecule has 0 spiro atoms. The van der Waals surface area contributed by atoms with Crippen molar-refractivity contribution >= 4 is 21.7 Å². The van der Waals surface area contributed by atoms with Crippen LogP contribution < -0.4 is 9.62 Å². The van der Waals surface area contributed by atoms with Gasteiger partial charge >= 0.3 is 5.97 Å². The number of nitrogens with zero attached hydrogens (tertiary/aromatic N) is 1. The number of anilines is 1. The first-order valence-electron chi connectivity index (χ1n) is 6.80. The number of carboxylic acids is 1. The van der Waals surface area contributed by atoms with Crippen LogP contribution in [0.15, 0.2) is 29.2 Å². The fraction of sp³-hybridized carbons (Fsp3) is 0.500. The van der Waals surface area contributed by atoms with Gasteiger partial charge < -0.3 is 10.0 Å². The van der Waals surface area contributed by atoms with Gasteiger partial charge in [0.05, 0.1) is 4.90 Å². The summed E-state index contributed by atoms with van der Waals surface area (Å²) in [6.07, 6.45) is 1.73. The van der Waals surface area contributed by atoms with E-state index in [1.807, 2.05) is 6.92 Å². The molecule has 6 nitrogen and oxygen atoms in total. The number of carbonyl (C=O) groups is 1. The minimum absolute atomic E-state index is 0.0662. The van der Waals surface area contributed by atoms with Crippen LogP contribution in [0.25, 0.3) is 0 Å². The van der Waals surface area contributed by atoms with Gasteiger partial charge in [0.25, 0.3) is 0 Å². The van der Waals surface area contributed by atoms with Gasteiger partial charge in [-0.2, -0.15) is 4.72 Å². The zero-order valence-electron chi connectivity index (χ0n) is 12.5. The first-order chi connectivity index (χ1) is 9.77. The van der Waals surface area contributed by atoms with Crippen LogP contribution in [0.2, 0.25) is 0 Å². The number of hydrogen-bond donors (Lipinski definition) is 2. The van der Waals surface area contributed by atoms with Crippen LogP contribution in [-0.4, -0.2) is 39.6 Å². The van der Waals surface area contributed by atoms with Crippen LogP contribution in [0, 0.1) is 0 Å². The Morgan fingerprint density at radius 3 is 2.57 bits per heavy atom. The number of hydrogen-bond acceptors (Lipinski definition) is 4. The van der Waals surface area contributed by atoms with Gasteiger partial charge in [0.2, 0.25) is 10.0 Å². The zero-order chi connectivity index (χ0) is 16.0. The standard InChI is InChI=1S/C14H22N2O4S/c1-4-5-9-13(14(17)18)15-21(19,20)12-8-6-7-11(10-12)16(2)3/h6-8,10,13,15H,4-5,9H2,1-3H3,(H,17,18)/t13-/m0/s1. The Bertz CT molecular complexity index is 584. The predicted molar refractivity (Wildman–Crippen MR) is 82.0 cm³/mol. The molecule has 0 aliphatic carbocycles. The molecular weight excluding hydrogens is 292 g/mol. The molecule has 0 radical (unpaired) electrons. The molecule has 1 aromatic rings. The Labute approximate surface area is 125 Å². The Balaban J connectivity index is 2.99. The number of benzene rings is 1. The van der Waals surface area contributed by atoms with Gasteiger partial charge in [0.15, 0.2) is 0 Å². The Kier molecular flexibility index (Phi) is 6.17. The van der Waals surface area contributed by atoms with E-state index in [0.29, 0.717) is 6.42 Å². The van der Waals surface area contributed by atoms with E-state index < -0.39 is 22.0 Å². The van der Waals surface area contributed by atoms with Gasteiger partial charge in [-0.1, -0.05) is 25.8 Å². The summed E-state index contributed by atoms with van der Waals surface area (Å²) in [6, 6.07) is 5.28. The lowest BCUT2D eigenvalue weighted by Crippen LogP contribution is -2.40. The third kappa shape index (κ3) is 5.02. The summed E-state index contributed by atoms with van der Waals surface area (Å²) >= 11 is 0. The Hall–Kier alpha value is -1.60. The lowest BCUT2D eigenvalue weighted by Gasteiger charge is -2.16. The van der Waals surface area contributed by atoms with Crippen LogP contribution in [0.1, 0.15) is 26.2 Å². The van der Waals surface area contributed by atoms with Crippen molar-refractivity contribution in [1.82, 2.24) is 4.72 Å². The molecular formula is C14H22N2O4S. The van der Waals surface area contributed by atoms with Crippen molar-refractivity contribution in [2.45, 2.75) is 37.1 Å². The fourth-order valence-electron chi connectivity index (χ4n) is 1.83. The maximum atomic E-state index is 12.3. The number of unbranched alkanes of at least 4 members (excludes halogenated alkanes) is 1. The van der Waals surface area contributed by atoms with Crippen molar-refractivity contribution in [3.8, 4) is 0 Å². The molecule has 2 N–H and O–H groups in total. The minimum atomic E-state index is -3.85. The van der Waals surface area contributed by atoms with E-state index >= 15 is 0 Å². The van der Waals surface area contributed by atoms with E-state index in [0.717, 1.165) is 12.1 Å². The summed E-state index contributed by atoms with van der Waals surface area (Å²) in [5.41, 5.74) is 0.735. The van der Waals surface area contributed by atoms with Crippen LogP contribution >= 0.6 is 0 Å². The van der Waals surface area contributed by atoms with Gasteiger partial charge in [0, 0.05) is 19.8 Å². The molecule has 21 heavy (non-hydrogen) atoms. The van der Waals surface area contributed by atoms with Gasteiger partial charge in [0.1, 0.15) is 6.04 Å². The van der Waals surface area contributed by atoms with Gasteiger partial charge in [-0.3, -0.25) is 4.79 Å². The summed E-state index contributed by atoms with van der Waals surface area (Å²) in [6.45, 7) is 1.92. The monoisotopic (exact) mass is 314 g/mol. The SMILES string of the molecule is CCCC[C@H](NS(=O)(=O)c1cccc(N(C)C)c1)C(=O)O. The lowest BCUT2D eigenvalue weighted by molar-refractivity contribution is -0.139. The molecule has 118 valence electrons. The highest BCUT2D eigenvalue weighted by atomic mass is 32.2. The van der Waals surface area contributed by atoms with E-state index in [2.05, 4.69) is 4.72 Å². The second kappa shape index (κ2) is 7.42. The maximum absolute atomic E-state index is 12.3. The lowest BCUT2D eigenvalue weighted by atomic mass is 10.1. The maximum Gasteiger partial charge on any atom is 0.321 e. The average molecular weight is 314 g/mol. The van der Waals surface area contributed by atoms with E-state index in [4.69, 9.17) is 5.11 Å². The predicted octanol–water partition coefficient (Wildman–Crippen LogP) is 1.67. The molecule has 0 fully saturated rings. The largest absolute Gasteiger partial charge is 0.480 e. The zero-order valence-corrected chi connectivity index (χ0v) is 13.4. The van der Waals surface area contributed by atoms with Crippen LogP contribution in [0.5, 0.6) is 0 Å². The summed E-state index contributed by atoms with van der Waals surface area (Å²) < 4.78 is 26.8. The van der Waals surface area contributed by atoms with Crippen LogP contribution in [-0.2, 0) is 14.8 Å². The molecule has 1 rings (SSSR count). The van der Waals surface area contributed by atoms with E-state index in [9.17, 15) is 13.2 Å². The minimum Gasteiger partial charge on any atom is -0.480 e. The molecule has 0 saturated heterocycles. The molecule has 0 aliphatic rings. The van der Waals surface area contributed by atoms with Crippen molar-refractivity contribution < 1.29 is 18.3 Å². The number of sulfonamides is 1. The molecule has 0 unspecified atom stereocenters. The number of rotatable bonds is 8. The van der Waals surface area contributed by atoms with Gasteiger partial charge in [-0.05, 0) is 24.6 Å². The molecule has 1 atom stereocenters. The number of carboxylic acid groups (broad SMARTS) is 1. The molecule has 0 saturated carbocycles. The molecule has 1 aromatic carbocycles. The second-order valence-corrected chi connectivity index (χ2v) is 6.76. The fourth-order valence-corrected chi connectivity index (χ4v) is 3.09. The smallest absolute Gasteiger partial charge is 0.321 e. The summed E-state index contributed by atoms with van der Waals surface area (Å²) in [5, 5.41) is 9.12. The molecule has 0 bridgehead atoms. The average Bonchev–Trinajstić information content (AvgIpc) is 2.43. The molecule has 0 amide bonds. The van der Waals surface area contributed by atoms with Crippen LogP contribution in [0.4, 0.5) is 5.69 Å². The summed E-state index contributed by atoms with van der Waals surface area (Å²) in [7, 11) is -0.236. The normalized spacial score (nSPS) is 12.9. The summed E-state index contributed by atoms with van der Waals surface area (Å²) in [4.78, 5) is 13.0. The van der Waals surface area contributed by atoms with Crippen molar-refractivity contribution in [3.05, 3.63) is 24.3 Å². The van der Waals surface area contributed by atoms with Crippen LogP contribution in [0.3, 0.4) is 0 Å². The third-order valence-electron chi connectivity index (χ3n) is 3.09. The third-order valence-corrected chi connectivity index (χ3v) is 4.56. The molecule has 0 aromatic heterocycles. The number of aliphatic carboxylic acids is 1. The van der Waals surface area contributed by atoms with Crippen molar-refractivity contribution in [2.75, 3.05) is 19.0 Å². The first-order valence-corrected chi connectivity index (χ1v) is 8.28. The topological polar surface area (TPSA) is 86.7 Å². The highest BCUT2D eigenvalue weighted by molar-refractivity contribution is 7.89. The molecule has 0 aliphatic heterocycles. The Morgan fingerprint density at radius 1 is 1.38 bits per heavy atom. The van der Waals surface area contributed by atoms with Gasteiger partial charge in [-0.15, -0.1) is 0 Å². The quantitative estimate of drug-likeness (QED) is 0.762. The first kappa shape index (κ1) is 17.5. The van der Waals surface area contributed by atoms with Gasteiger partial charge in [-0.25, -0.2) is 8.42 Å². The highest BCUT2D eigenvalue weighted by Crippen LogP contribution is 2.18. The highest BCUT2D eigenvalue weighted by Gasteiger charge is 2.25. The molecule has 0 heterocycles. The molecule has 7 heteroatoms. The second-order valence-electron chi connectivity index (χ2n) is 5.05. The van der Waals surface area contributed by atoms with Crippen molar-refractivity contribution in [3.63, 3.8) is 0 Å². The van der Waals surface area contributed by atoms with E-state index in [1.165, 1.54) is 12.1 Å². The number of nitrogens with one attached hydrogen (secondary N) is 1. The Morgan fingerprint density at radius 2 is 2.05 bits per heavy atom. The van der Waals surface area contributed by atoms with Crippen molar-refractivity contribution in [1.29, 1.82) is 0 Å². The van der Waals surface area contributed by atoms with Crippen molar-refractivity contribution in [2.24, 2.45) is 0 Å². The van der Waals surface area contributed by atoms with E-state index in [1.54, 1.807) is 31.1 Å². The summed E-state index contributed by atoms with van der Waals surface area (Å²) in [5.74, 6) is -1.16. The van der Waals surface area contributed by atoms with E-state index in [-0.39, 0.29) is 11.3 Å².